The van der Waals surface area contributed by atoms with Crippen molar-refractivity contribution in [1.82, 2.24) is 4.90 Å². The molecule has 5 nitrogen and oxygen atoms in total. The lowest BCUT2D eigenvalue weighted by molar-refractivity contribution is -0.138. The van der Waals surface area contributed by atoms with E-state index in [1.165, 1.54) is 6.26 Å². The van der Waals surface area contributed by atoms with Crippen LogP contribution in [0.25, 0.3) is 0 Å². The highest BCUT2D eigenvalue weighted by Crippen LogP contribution is 2.33. The van der Waals surface area contributed by atoms with Crippen LogP contribution in [0.2, 0.25) is 0 Å². The molecule has 3 aromatic carbocycles. The molecule has 0 saturated carbocycles. The number of nitrogens with zero attached hydrogens (tertiary/aromatic N) is 2. The summed E-state index contributed by atoms with van der Waals surface area (Å²) in [6.45, 7) is 2.16. The first kappa shape index (κ1) is 26.0. The van der Waals surface area contributed by atoms with E-state index in [0.717, 1.165) is 16.8 Å². The number of rotatable bonds is 8. The predicted octanol–water partition coefficient (Wildman–Crippen LogP) is 5.37. The van der Waals surface area contributed by atoms with E-state index in [-0.39, 0.29) is 17.5 Å². The average molecular weight is 518 g/mol. The Labute approximate surface area is 210 Å². The zero-order chi connectivity index (χ0) is 25.8. The second-order valence-corrected chi connectivity index (χ2v) is 11.0. The Balaban J connectivity index is 1.60. The van der Waals surface area contributed by atoms with Crippen molar-refractivity contribution in [3.63, 3.8) is 0 Å². The molecule has 0 atom stereocenters. The van der Waals surface area contributed by atoms with Gasteiger partial charge in [0, 0.05) is 44.7 Å². The Morgan fingerprint density at radius 3 is 1.92 bits per heavy atom. The third kappa shape index (κ3) is 6.79. The minimum Gasteiger partial charge on any atom is -0.373 e. The van der Waals surface area contributed by atoms with Crippen LogP contribution in [0.3, 0.4) is 0 Å². The maximum Gasteiger partial charge on any atom is 0.390 e. The molecule has 192 valence electrons. The van der Waals surface area contributed by atoms with Gasteiger partial charge in [-0.15, -0.1) is 0 Å². The second-order valence-electron chi connectivity index (χ2n) is 9.05. The van der Waals surface area contributed by atoms with E-state index in [9.17, 15) is 21.6 Å². The Kier molecular flexibility index (Phi) is 7.90. The van der Waals surface area contributed by atoms with Crippen LogP contribution in [0.4, 0.5) is 24.5 Å². The van der Waals surface area contributed by atoms with Crippen molar-refractivity contribution in [1.29, 1.82) is 0 Å². The van der Waals surface area contributed by atoms with Crippen LogP contribution < -0.4 is 10.2 Å². The topological polar surface area (TPSA) is 52.7 Å². The Bertz CT molecular complexity index is 1200. The Hall–Kier alpha value is -3.04. The summed E-state index contributed by atoms with van der Waals surface area (Å²) in [7, 11) is -3.52. The van der Waals surface area contributed by atoms with Gasteiger partial charge in [-0.1, -0.05) is 60.7 Å². The minimum atomic E-state index is -4.16. The van der Waals surface area contributed by atoms with Crippen molar-refractivity contribution in [2.75, 3.05) is 49.2 Å². The maximum absolute atomic E-state index is 12.6. The highest BCUT2D eigenvalue weighted by Gasteiger charge is 2.29. The summed E-state index contributed by atoms with van der Waals surface area (Å²) in [4.78, 5) is 4.10. The summed E-state index contributed by atoms with van der Waals surface area (Å²) in [5.74, 6) is 0. The summed E-state index contributed by atoms with van der Waals surface area (Å²) in [5, 5.41) is 3.47. The highest BCUT2D eigenvalue weighted by atomic mass is 32.2. The summed E-state index contributed by atoms with van der Waals surface area (Å²) >= 11 is 0. The Morgan fingerprint density at radius 2 is 1.42 bits per heavy atom. The van der Waals surface area contributed by atoms with Gasteiger partial charge in [-0.3, -0.25) is 4.90 Å². The lowest BCUT2D eigenvalue weighted by Gasteiger charge is -2.36. The zero-order valence-corrected chi connectivity index (χ0v) is 20.9. The van der Waals surface area contributed by atoms with Crippen LogP contribution >= 0.6 is 0 Å². The highest BCUT2D eigenvalue weighted by molar-refractivity contribution is 7.90. The number of halogens is 3. The van der Waals surface area contributed by atoms with Gasteiger partial charge in [0.25, 0.3) is 0 Å². The van der Waals surface area contributed by atoms with Gasteiger partial charge in [0.2, 0.25) is 0 Å². The molecule has 1 N–H and O–H groups in total. The molecule has 3 aromatic rings. The first-order chi connectivity index (χ1) is 17.1. The van der Waals surface area contributed by atoms with Crippen molar-refractivity contribution in [3.05, 3.63) is 90.0 Å². The number of anilines is 2. The molecule has 1 aliphatic rings. The van der Waals surface area contributed by atoms with Gasteiger partial charge in [-0.05, 0) is 29.3 Å². The molecular weight excluding hydrogens is 487 g/mol. The Morgan fingerprint density at radius 1 is 0.861 bits per heavy atom. The van der Waals surface area contributed by atoms with E-state index in [2.05, 4.69) is 10.2 Å². The number of benzene rings is 3. The first-order valence-electron chi connectivity index (χ1n) is 11.8. The molecule has 1 aliphatic heterocycles. The standard InChI is InChI=1S/C27H30F3N3O2S/c1-36(34,35)25-13-12-23(33-18-16-32(17-19-33)15-14-27(28,29)30)20-24(25)31-26(21-8-4-2-5-9-21)22-10-6-3-7-11-22/h2-13,20,26,31H,14-19H2,1H3. The van der Waals surface area contributed by atoms with Gasteiger partial charge in [0.15, 0.2) is 9.84 Å². The first-order valence-corrected chi connectivity index (χ1v) is 13.7. The zero-order valence-electron chi connectivity index (χ0n) is 20.1. The van der Waals surface area contributed by atoms with Gasteiger partial charge in [0.05, 0.1) is 23.0 Å². The molecule has 1 fully saturated rings. The SMILES string of the molecule is CS(=O)(=O)c1ccc(N2CCN(CCC(F)(F)F)CC2)cc1NC(c1ccccc1)c1ccccc1. The second kappa shape index (κ2) is 10.9. The van der Waals surface area contributed by atoms with E-state index >= 15 is 0 Å². The van der Waals surface area contributed by atoms with Gasteiger partial charge in [-0.2, -0.15) is 13.2 Å². The third-order valence-electron chi connectivity index (χ3n) is 6.38. The molecule has 9 heteroatoms. The summed E-state index contributed by atoms with van der Waals surface area (Å²) in [6, 6.07) is 24.6. The fourth-order valence-corrected chi connectivity index (χ4v) is 5.30. The molecule has 0 aromatic heterocycles. The van der Waals surface area contributed by atoms with Crippen molar-refractivity contribution in [2.24, 2.45) is 0 Å². The average Bonchev–Trinajstić information content (AvgIpc) is 2.86. The lowest BCUT2D eigenvalue weighted by atomic mass is 9.98. The van der Waals surface area contributed by atoms with Crippen LogP contribution in [0.15, 0.2) is 83.8 Å². The quantitative estimate of drug-likeness (QED) is 0.436. The molecule has 0 amide bonds. The fourth-order valence-electron chi connectivity index (χ4n) is 4.47. The molecule has 0 radical (unpaired) electrons. The van der Waals surface area contributed by atoms with Crippen LogP contribution in [0.5, 0.6) is 0 Å². The largest absolute Gasteiger partial charge is 0.390 e. The van der Waals surface area contributed by atoms with Crippen LogP contribution in [0, 0.1) is 0 Å². The van der Waals surface area contributed by atoms with Crippen LogP contribution in [0.1, 0.15) is 23.6 Å². The molecule has 0 unspecified atom stereocenters. The van der Waals surface area contributed by atoms with E-state index < -0.39 is 22.4 Å². The number of alkyl halides is 3. The summed E-state index contributed by atoms with van der Waals surface area (Å²) in [5.41, 5.74) is 3.31. The van der Waals surface area contributed by atoms with Crippen molar-refractivity contribution in [3.8, 4) is 0 Å². The summed E-state index contributed by atoms with van der Waals surface area (Å²) < 4.78 is 63.0. The minimum absolute atomic E-state index is 0.00695. The van der Waals surface area contributed by atoms with Gasteiger partial charge in [-0.25, -0.2) is 8.42 Å². The smallest absolute Gasteiger partial charge is 0.373 e. The number of hydrogen-bond acceptors (Lipinski definition) is 5. The van der Waals surface area contributed by atoms with E-state index in [1.54, 1.807) is 12.1 Å². The van der Waals surface area contributed by atoms with Crippen molar-refractivity contribution in [2.45, 2.75) is 23.5 Å². The number of sulfone groups is 1. The van der Waals surface area contributed by atoms with Crippen LogP contribution in [-0.2, 0) is 9.84 Å². The molecule has 0 bridgehead atoms. The summed E-state index contributed by atoms with van der Waals surface area (Å²) in [6.07, 6.45) is -3.79. The number of hydrogen-bond donors (Lipinski definition) is 1. The molecule has 4 rings (SSSR count). The molecule has 36 heavy (non-hydrogen) atoms. The van der Waals surface area contributed by atoms with E-state index in [4.69, 9.17) is 0 Å². The molecule has 1 saturated heterocycles. The van der Waals surface area contributed by atoms with Crippen molar-refractivity contribution >= 4 is 21.2 Å². The van der Waals surface area contributed by atoms with Gasteiger partial charge >= 0.3 is 6.18 Å². The molecule has 0 spiro atoms. The predicted molar refractivity (Wildman–Crippen MR) is 137 cm³/mol. The van der Waals surface area contributed by atoms with E-state index in [0.29, 0.717) is 31.9 Å². The lowest BCUT2D eigenvalue weighted by Crippen LogP contribution is -2.47. The number of piperazine rings is 1. The van der Waals surface area contributed by atoms with Crippen LogP contribution in [-0.4, -0.2) is 58.5 Å². The molecule has 1 heterocycles. The third-order valence-corrected chi connectivity index (χ3v) is 7.53. The normalized spacial score (nSPS) is 15.3. The molecular formula is C27H30F3N3O2S. The van der Waals surface area contributed by atoms with E-state index in [1.807, 2.05) is 71.6 Å². The maximum atomic E-state index is 12.6. The monoisotopic (exact) mass is 517 g/mol. The number of nitrogens with one attached hydrogen (secondary N) is 1. The van der Waals surface area contributed by atoms with Gasteiger partial charge in [0.1, 0.15) is 0 Å². The van der Waals surface area contributed by atoms with Crippen molar-refractivity contribution < 1.29 is 21.6 Å². The van der Waals surface area contributed by atoms with Gasteiger partial charge < -0.3 is 10.2 Å². The molecule has 0 aliphatic carbocycles. The fraction of sp³-hybridized carbons (Fsp3) is 0.333.